The Hall–Kier alpha value is -0.600. The third-order valence-electron chi connectivity index (χ3n) is 1.89. The van der Waals surface area contributed by atoms with E-state index in [0.29, 0.717) is 6.61 Å². The predicted molar refractivity (Wildman–Crippen MR) is 42.5 cm³/mol. The molecule has 1 aromatic heterocycles. The van der Waals surface area contributed by atoms with Crippen LogP contribution in [-0.2, 0) is 11.3 Å². The summed E-state index contributed by atoms with van der Waals surface area (Å²) in [6.45, 7) is 2.58. The molecule has 0 radical (unpaired) electrons. The molecule has 0 spiro atoms. The first-order valence-electron chi connectivity index (χ1n) is 3.54. The van der Waals surface area contributed by atoms with Crippen molar-refractivity contribution in [2.75, 3.05) is 0 Å². The van der Waals surface area contributed by atoms with Gasteiger partial charge in [0.05, 0.1) is 18.4 Å². The molecule has 3 heteroatoms. The highest BCUT2D eigenvalue weighted by molar-refractivity contribution is 6.31. The van der Waals surface area contributed by atoms with Crippen molar-refractivity contribution in [1.82, 2.24) is 4.98 Å². The van der Waals surface area contributed by atoms with Gasteiger partial charge in [-0.15, -0.1) is 0 Å². The molecule has 58 valence electrons. The second kappa shape index (κ2) is 2.47. The van der Waals surface area contributed by atoms with Crippen LogP contribution in [0, 0.1) is 0 Å². The summed E-state index contributed by atoms with van der Waals surface area (Å²) in [6.07, 6.45) is 1.82. The Labute approximate surface area is 70.2 Å². The lowest BCUT2D eigenvalue weighted by molar-refractivity contribution is 0.0779. The van der Waals surface area contributed by atoms with E-state index in [2.05, 4.69) is 4.98 Å². The highest BCUT2D eigenvalue weighted by Gasteiger charge is 2.22. The highest BCUT2D eigenvalue weighted by Crippen LogP contribution is 2.32. The lowest BCUT2D eigenvalue weighted by Crippen LogP contribution is -1.91. The summed E-state index contributed by atoms with van der Waals surface area (Å²) >= 11 is 5.91. The lowest BCUT2D eigenvalue weighted by atomic mass is 10.2. The average molecular weight is 170 g/mol. The topological polar surface area (TPSA) is 22.1 Å². The molecule has 0 saturated heterocycles. The van der Waals surface area contributed by atoms with Crippen molar-refractivity contribution in [1.29, 1.82) is 0 Å². The molecule has 2 nitrogen and oxygen atoms in total. The largest absolute Gasteiger partial charge is 0.367 e. The van der Waals surface area contributed by atoms with E-state index in [-0.39, 0.29) is 6.10 Å². The molecule has 0 fully saturated rings. The Bertz CT molecular complexity index is 287. The van der Waals surface area contributed by atoms with Crippen LogP contribution in [0.15, 0.2) is 12.3 Å². The Morgan fingerprint density at radius 1 is 1.73 bits per heavy atom. The third kappa shape index (κ3) is 1.03. The van der Waals surface area contributed by atoms with E-state index in [0.717, 1.165) is 16.3 Å². The fraction of sp³-hybridized carbons (Fsp3) is 0.375. The molecule has 11 heavy (non-hydrogen) atoms. The normalized spacial score (nSPS) is 21.8. The van der Waals surface area contributed by atoms with Gasteiger partial charge in [-0.25, -0.2) is 0 Å². The Morgan fingerprint density at radius 3 is 3.27 bits per heavy atom. The average Bonchev–Trinajstić information content (AvgIpc) is 2.35. The summed E-state index contributed by atoms with van der Waals surface area (Å²) in [5.74, 6) is 0. The van der Waals surface area contributed by atoms with Crippen molar-refractivity contribution in [3.8, 4) is 0 Å². The maximum Gasteiger partial charge on any atom is 0.0975 e. The summed E-state index contributed by atoms with van der Waals surface area (Å²) in [5.41, 5.74) is 2.03. The quantitative estimate of drug-likeness (QED) is 0.595. The van der Waals surface area contributed by atoms with E-state index in [1.54, 1.807) is 12.3 Å². The Kier molecular flexibility index (Phi) is 1.59. The van der Waals surface area contributed by atoms with E-state index >= 15 is 0 Å². The number of pyridine rings is 1. The minimum atomic E-state index is 0.101. The molecule has 1 aliphatic heterocycles. The van der Waals surface area contributed by atoms with Gasteiger partial charge in [-0.3, -0.25) is 4.98 Å². The van der Waals surface area contributed by atoms with Crippen LogP contribution in [0.5, 0.6) is 0 Å². The number of hydrogen-bond donors (Lipinski definition) is 0. The molecule has 1 atom stereocenters. The van der Waals surface area contributed by atoms with E-state index in [4.69, 9.17) is 16.3 Å². The Morgan fingerprint density at radius 2 is 2.55 bits per heavy atom. The molecule has 0 aromatic carbocycles. The van der Waals surface area contributed by atoms with Gasteiger partial charge in [0.1, 0.15) is 0 Å². The van der Waals surface area contributed by atoms with Crippen molar-refractivity contribution in [2.45, 2.75) is 19.6 Å². The molecule has 1 unspecified atom stereocenters. The SMILES string of the molecule is CC1OCc2c(Cl)ccnc21. The minimum absolute atomic E-state index is 0.101. The Balaban J connectivity index is 2.57. The van der Waals surface area contributed by atoms with Crippen LogP contribution in [0.3, 0.4) is 0 Å². The van der Waals surface area contributed by atoms with Gasteiger partial charge < -0.3 is 4.74 Å². The standard InChI is InChI=1S/C8H8ClNO/c1-5-8-6(4-11-5)7(9)2-3-10-8/h2-3,5H,4H2,1H3. The van der Waals surface area contributed by atoms with E-state index in [1.165, 1.54) is 0 Å². The number of ether oxygens (including phenoxy) is 1. The zero-order valence-corrected chi connectivity index (χ0v) is 6.93. The van der Waals surface area contributed by atoms with Crippen LogP contribution in [0.25, 0.3) is 0 Å². The van der Waals surface area contributed by atoms with Crippen LogP contribution in [-0.4, -0.2) is 4.98 Å². The second-order valence-corrected chi connectivity index (χ2v) is 3.02. The third-order valence-corrected chi connectivity index (χ3v) is 2.25. The monoisotopic (exact) mass is 169 g/mol. The molecule has 0 amide bonds. The molecule has 2 rings (SSSR count). The summed E-state index contributed by atoms with van der Waals surface area (Å²) in [5, 5.41) is 0.763. The number of halogens is 1. The summed E-state index contributed by atoms with van der Waals surface area (Å²) < 4.78 is 5.36. The maximum absolute atomic E-state index is 5.91. The van der Waals surface area contributed by atoms with E-state index < -0.39 is 0 Å². The molecule has 2 heterocycles. The second-order valence-electron chi connectivity index (χ2n) is 2.61. The van der Waals surface area contributed by atoms with E-state index in [1.807, 2.05) is 6.92 Å². The number of fused-ring (bicyclic) bond motifs is 1. The van der Waals surface area contributed by atoms with Gasteiger partial charge >= 0.3 is 0 Å². The first-order chi connectivity index (χ1) is 5.29. The summed E-state index contributed by atoms with van der Waals surface area (Å²) in [4.78, 5) is 4.19. The van der Waals surface area contributed by atoms with Crippen molar-refractivity contribution in [2.24, 2.45) is 0 Å². The van der Waals surface area contributed by atoms with Crippen molar-refractivity contribution in [3.05, 3.63) is 28.5 Å². The van der Waals surface area contributed by atoms with Gasteiger partial charge in [-0.2, -0.15) is 0 Å². The predicted octanol–water partition coefficient (Wildman–Crippen LogP) is 2.33. The number of hydrogen-bond acceptors (Lipinski definition) is 2. The molecule has 1 aromatic rings. The molecule has 0 N–H and O–H groups in total. The zero-order chi connectivity index (χ0) is 7.84. The molecular weight excluding hydrogens is 162 g/mol. The lowest BCUT2D eigenvalue weighted by Gasteiger charge is -2.00. The van der Waals surface area contributed by atoms with Gasteiger partial charge in [0, 0.05) is 16.8 Å². The highest BCUT2D eigenvalue weighted by atomic mass is 35.5. The van der Waals surface area contributed by atoms with Crippen molar-refractivity contribution >= 4 is 11.6 Å². The van der Waals surface area contributed by atoms with E-state index in [9.17, 15) is 0 Å². The van der Waals surface area contributed by atoms with Crippen molar-refractivity contribution in [3.63, 3.8) is 0 Å². The van der Waals surface area contributed by atoms with Crippen LogP contribution < -0.4 is 0 Å². The van der Waals surface area contributed by atoms with Gasteiger partial charge in [0.25, 0.3) is 0 Å². The van der Waals surface area contributed by atoms with Crippen LogP contribution in [0.1, 0.15) is 24.3 Å². The van der Waals surface area contributed by atoms with Crippen LogP contribution >= 0.6 is 11.6 Å². The van der Waals surface area contributed by atoms with Gasteiger partial charge in [-0.05, 0) is 13.0 Å². The molecule has 0 bridgehead atoms. The summed E-state index contributed by atoms with van der Waals surface area (Å²) in [7, 11) is 0. The van der Waals surface area contributed by atoms with Crippen LogP contribution in [0.4, 0.5) is 0 Å². The fourth-order valence-corrected chi connectivity index (χ4v) is 1.47. The summed E-state index contributed by atoms with van der Waals surface area (Å²) in [6, 6.07) is 1.79. The molecule has 1 aliphatic rings. The van der Waals surface area contributed by atoms with Gasteiger partial charge in [-0.1, -0.05) is 11.6 Å². The molecular formula is C8H8ClNO. The van der Waals surface area contributed by atoms with Gasteiger partial charge in [0.15, 0.2) is 0 Å². The van der Waals surface area contributed by atoms with Crippen molar-refractivity contribution < 1.29 is 4.74 Å². The fourth-order valence-electron chi connectivity index (χ4n) is 1.26. The van der Waals surface area contributed by atoms with Gasteiger partial charge in [0.2, 0.25) is 0 Å². The first-order valence-corrected chi connectivity index (χ1v) is 3.91. The molecule has 0 saturated carbocycles. The first kappa shape index (κ1) is 7.07. The zero-order valence-electron chi connectivity index (χ0n) is 6.17. The molecule has 0 aliphatic carbocycles. The smallest absolute Gasteiger partial charge is 0.0975 e. The van der Waals surface area contributed by atoms with Crippen LogP contribution in [0.2, 0.25) is 5.02 Å². The minimum Gasteiger partial charge on any atom is -0.367 e. The number of rotatable bonds is 0. The number of aromatic nitrogens is 1. The maximum atomic E-state index is 5.91. The number of nitrogens with zero attached hydrogens (tertiary/aromatic N) is 1.